The summed E-state index contributed by atoms with van der Waals surface area (Å²) in [5.74, 6) is 1.09. The smallest absolute Gasteiger partial charge is 0.258 e. The summed E-state index contributed by atoms with van der Waals surface area (Å²) in [6.45, 7) is 3.76. The summed E-state index contributed by atoms with van der Waals surface area (Å²) in [5.41, 5.74) is 6.19. The average molecular weight is 358 g/mol. The number of aromatic nitrogens is 5. The van der Waals surface area contributed by atoms with Crippen molar-refractivity contribution in [1.82, 2.24) is 30.2 Å². The summed E-state index contributed by atoms with van der Waals surface area (Å²) in [6.07, 6.45) is 6.53. The zero-order chi connectivity index (χ0) is 18.2. The summed E-state index contributed by atoms with van der Waals surface area (Å²) in [6, 6.07) is 9.78. The first-order valence-corrected chi connectivity index (χ1v) is 8.92. The van der Waals surface area contributed by atoms with Crippen molar-refractivity contribution in [2.45, 2.75) is 19.9 Å². The van der Waals surface area contributed by atoms with Crippen LogP contribution in [0.2, 0.25) is 0 Å². The van der Waals surface area contributed by atoms with E-state index in [4.69, 9.17) is 4.52 Å². The van der Waals surface area contributed by atoms with E-state index in [1.54, 1.807) is 10.9 Å². The van der Waals surface area contributed by atoms with Gasteiger partial charge in [0, 0.05) is 42.0 Å². The third-order valence-electron chi connectivity index (χ3n) is 4.84. The first-order valence-electron chi connectivity index (χ1n) is 8.92. The van der Waals surface area contributed by atoms with Crippen LogP contribution in [0, 0.1) is 6.92 Å². The minimum Gasteiger partial charge on any atom is -0.334 e. The Morgan fingerprint density at radius 2 is 2.19 bits per heavy atom. The number of fused-ring (bicyclic) bond motifs is 1. The Kier molecular flexibility index (Phi) is 3.79. The van der Waals surface area contributed by atoms with Crippen LogP contribution in [0.1, 0.15) is 16.8 Å². The Balaban J connectivity index is 1.56. The van der Waals surface area contributed by atoms with Crippen LogP contribution in [0.15, 0.2) is 53.4 Å². The van der Waals surface area contributed by atoms with Crippen molar-refractivity contribution in [3.63, 3.8) is 0 Å². The Hall–Kier alpha value is -3.32. The van der Waals surface area contributed by atoms with Crippen LogP contribution in [-0.2, 0) is 13.0 Å². The molecule has 0 radical (unpaired) electrons. The largest absolute Gasteiger partial charge is 0.334 e. The van der Waals surface area contributed by atoms with Crippen molar-refractivity contribution in [3.8, 4) is 28.5 Å². The molecule has 1 aromatic carbocycles. The van der Waals surface area contributed by atoms with E-state index in [1.165, 1.54) is 11.1 Å². The molecule has 4 aromatic rings. The highest BCUT2D eigenvalue weighted by Gasteiger charge is 2.21. The number of pyridine rings is 1. The molecule has 0 amide bonds. The van der Waals surface area contributed by atoms with Gasteiger partial charge in [-0.05, 0) is 55.3 Å². The van der Waals surface area contributed by atoms with Gasteiger partial charge in [-0.3, -0.25) is 4.98 Å². The predicted octanol–water partition coefficient (Wildman–Crippen LogP) is 2.94. The molecule has 0 saturated heterocycles. The van der Waals surface area contributed by atoms with E-state index in [0.29, 0.717) is 11.7 Å². The number of nitrogens with zero attached hydrogens (tertiary/aromatic N) is 5. The van der Waals surface area contributed by atoms with Crippen LogP contribution in [0.4, 0.5) is 0 Å². The number of hydrogen-bond acceptors (Lipinski definition) is 6. The first kappa shape index (κ1) is 15.9. The molecule has 7 nitrogen and oxygen atoms in total. The third kappa shape index (κ3) is 2.82. The summed E-state index contributed by atoms with van der Waals surface area (Å²) in [5, 5.41) is 11.9. The molecular weight excluding hydrogens is 340 g/mol. The van der Waals surface area contributed by atoms with Gasteiger partial charge in [0.2, 0.25) is 5.82 Å². The fourth-order valence-corrected chi connectivity index (χ4v) is 3.51. The van der Waals surface area contributed by atoms with E-state index in [-0.39, 0.29) is 0 Å². The molecule has 27 heavy (non-hydrogen) atoms. The molecule has 0 bridgehead atoms. The van der Waals surface area contributed by atoms with Gasteiger partial charge in [-0.2, -0.15) is 10.1 Å². The van der Waals surface area contributed by atoms with Gasteiger partial charge < -0.3 is 9.84 Å². The van der Waals surface area contributed by atoms with Gasteiger partial charge in [0.05, 0.1) is 5.69 Å². The highest BCUT2D eigenvalue weighted by molar-refractivity contribution is 5.67. The SMILES string of the molecule is Cc1ncc2c(c1-c1noc(-c3cccc(-n4cccn4)c3)n1)CCNC2. The number of rotatable bonds is 3. The number of benzene rings is 1. The molecule has 0 spiro atoms. The standard InChI is InChI=1S/C20H18N6O/c1-13-18(17-6-8-21-11-15(17)12-22-13)19-24-20(27-25-19)14-4-2-5-16(10-14)26-9-3-7-23-26/h2-5,7,9-10,12,21H,6,8,11H2,1H3. The lowest BCUT2D eigenvalue weighted by atomic mass is 9.95. The molecule has 0 aliphatic carbocycles. The van der Waals surface area contributed by atoms with E-state index in [2.05, 4.69) is 25.5 Å². The van der Waals surface area contributed by atoms with Crippen molar-refractivity contribution >= 4 is 0 Å². The van der Waals surface area contributed by atoms with E-state index < -0.39 is 0 Å². The van der Waals surface area contributed by atoms with Crippen molar-refractivity contribution in [1.29, 1.82) is 0 Å². The van der Waals surface area contributed by atoms with Crippen LogP contribution in [-0.4, -0.2) is 31.4 Å². The van der Waals surface area contributed by atoms with Crippen molar-refractivity contribution < 1.29 is 4.52 Å². The number of nitrogens with one attached hydrogen (secondary N) is 1. The quantitative estimate of drug-likeness (QED) is 0.606. The molecule has 0 atom stereocenters. The van der Waals surface area contributed by atoms with Gasteiger partial charge in [0.1, 0.15) is 0 Å². The molecule has 1 aliphatic heterocycles. The van der Waals surface area contributed by atoms with Crippen molar-refractivity contribution in [3.05, 3.63) is 65.7 Å². The fourth-order valence-electron chi connectivity index (χ4n) is 3.51. The van der Waals surface area contributed by atoms with Gasteiger partial charge in [0.15, 0.2) is 0 Å². The van der Waals surface area contributed by atoms with Crippen molar-refractivity contribution in [2.75, 3.05) is 6.54 Å². The molecule has 0 unspecified atom stereocenters. The highest BCUT2D eigenvalue weighted by Crippen LogP contribution is 2.30. The maximum Gasteiger partial charge on any atom is 0.258 e. The second-order valence-corrected chi connectivity index (χ2v) is 6.57. The lowest BCUT2D eigenvalue weighted by Gasteiger charge is -2.19. The second kappa shape index (κ2) is 6.44. The average Bonchev–Trinajstić information content (AvgIpc) is 3.40. The normalized spacial score (nSPS) is 13.5. The first-order chi connectivity index (χ1) is 13.3. The summed E-state index contributed by atoms with van der Waals surface area (Å²) in [7, 11) is 0. The van der Waals surface area contributed by atoms with Crippen LogP contribution >= 0.6 is 0 Å². The van der Waals surface area contributed by atoms with E-state index in [0.717, 1.165) is 42.0 Å². The molecule has 1 N–H and O–H groups in total. The zero-order valence-electron chi connectivity index (χ0n) is 14.9. The van der Waals surface area contributed by atoms with Gasteiger partial charge in [0.25, 0.3) is 5.89 Å². The number of hydrogen-bond donors (Lipinski definition) is 1. The van der Waals surface area contributed by atoms with E-state index in [9.17, 15) is 0 Å². The lowest BCUT2D eigenvalue weighted by Crippen LogP contribution is -2.24. The summed E-state index contributed by atoms with van der Waals surface area (Å²) in [4.78, 5) is 9.20. The zero-order valence-corrected chi connectivity index (χ0v) is 14.9. The van der Waals surface area contributed by atoms with Gasteiger partial charge in [-0.15, -0.1) is 0 Å². The topological polar surface area (TPSA) is 81.7 Å². The van der Waals surface area contributed by atoms with Crippen molar-refractivity contribution in [2.24, 2.45) is 0 Å². The Morgan fingerprint density at radius 3 is 3.07 bits per heavy atom. The molecule has 4 heterocycles. The molecule has 0 fully saturated rings. The maximum absolute atomic E-state index is 5.59. The maximum atomic E-state index is 5.59. The Bertz CT molecular complexity index is 1100. The molecule has 5 rings (SSSR count). The molecule has 1 aliphatic rings. The van der Waals surface area contributed by atoms with Gasteiger partial charge >= 0.3 is 0 Å². The number of aryl methyl sites for hydroxylation is 1. The fraction of sp³-hybridized carbons (Fsp3) is 0.200. The minimum atomic E-state index is 0.491. The molecule has 3 aromatic heterocycles. The summed E-state index contributed by atoms with van der Waals surface area (Å²) < 4.78 is 7.39. The molecule has 7 heteroatoms. The molecule has 0 saturated carbocycles. The second-order valence-electron chi connectivity index (χ2n) is 6.57. The van der Waals surface area contributed by atoms with Crippen LogP contribution in [0.3, 0.4) is 0 Å². The lowest BCUT2D eigenvalue weighted by molar-refractivity contribution is 0.432. The van der Waals surface area contributed by atoms with Gasteiger partial charge in [-0.25, -0.2) is 4.68 Å². The highest BCUT2D eigenvalue weighted by atomic mass is 16.5. The monoisotopic (exact) mass is 358 g/mol. The van der Waals surface area contributed by atoms with E-state index >= 15 is 0 Å². The van der Waals surface area contributed by atoms with Crippen LogP contribution in [0.25, 0.3) is 28.5 Å². The van der Waals surface area contributed by atoms with Gasteiger partial charge in [-0.1, -0.05) is 11.2 Å². The van der Waals surface area contributed by atoms with Crippen LogP contribution < -0.4 is 5.32 Å². The Morgan fingerprint density at radius 1 is 1.22 bits per heavy atom. The third-order valence-corrected chi connectivity index (χ3v) is 4.84. The molecule has 134 valence electrons. The Labute approximate surface area is 156 Å². The van der Waals surface area contributed by atoms with Crippen LogP contribution in [0.5, 0.6) is 0 Å². The minimum absolute atomic E-state index is 0.491. The summed E-state index contributed by atoms with van der Waals surface area (Å²) >= 11 is 0. The predicted molar refractivity (Wildman–Crippen MR) is 100 cm³/mol. The molecular formula is C20H18N6O. The van der Waals surface area contributed by atoms with E-state index in [1.807, 2.05) is 49.6 Å².